The van der Waals surface area contributed by atoms with Gasteiger partial charge in [0.25, 0.3) is 5.91 Å². The van der Waals surface area contributed by atoms with E-state index >= 15 is 0 Å². The van der Waals surface area contributed by atoms with Crippen molar-refractivity contribution in [1.29, 1.82) is 0 Å². The van der Waals surface area contributed by atoms with Gasteiger partial charge in [-0.3, -0.25) is 4.79 Å². The number of piperidine rings is 1. The zero-order chi connectivity index (χ0) is 17.2. The Morgan fingerprint density at radius 2 is 1.87 bits per heavy atom. The second-order valence-corrected chi connectivity index (χ2v) is 9.51. The van der Waals surface area contributed by atoms with Crippen LogP contribution in [0.2, 0.25) is 10.0 Å². The quantitative estimate of drug-likeness (QED) is 0.803. The summed E-state index contributed by atoms with van der Waals surface area (Å²) in [6, 6.07) is 4.77. The standard InChI is InChI=1S/C16H21Cl2NO3S/c1-11(2)10-23(21,22)13-5-7-19(8-6-13)16(20)14-4-3-12(17)9-15(14)18/h3-4,9,11,13H,5-8,10H2,1-2H3. The summed E-state index contributed by atoms with van der Waals surface area (Å²) in [4.78, 5) is 14.2. The van der Waals surface area contributed by atoms with E-state index < -0.39 is 9.84 Å². The fraction of sp³-hybridized carbons (Fsp3) is 0.562. The molecule has 1 aromatic rings. The van der Waals surface area contributed by atoms with Crippen LogP contribution in [-0.4, -0.2) is 43.3 Å². The molecule has 23 heavy (non-hydrogen) atoms. The summed E-state index contributed by atoms with van der Waals surface area (Å²) in [7, 11) is -3.09. The van der Waals surface area contributed by atoms with Crippen molar-refractivity contribution >= 4 is 38.9 Å². The lowest BCUT2D eigenvalue weighted by atomic mass is 10.1. The fourth-order valence-corrected chi connectivity index (χ4v) is 5.47. The number of nitrogens with zero attached hydrogens (tertiary/aromatic N) is 1. The first-order valence-corrected chi connectivity index (χ1v) is 10.1. The highest BCUT2D eigenvalue weighted by Gasteiger charge is 2.32. The molecule has 0 aromatic heterocycles. The average molecular weight is 378 g/mol. The smallest absolute Gasteiger partial charge is 0.255 e. The van der Waals surface area contributed by atoms with Crippen molar-refractivity contribution in [3.8, 4) is 0 Å². The van der Waals surface area contributed by atoms with E-state index in [4.69, 9.17) is 23.2 Å². The number of hydrogen-bond acceptors (Lipinski definition) is 3. The normalized spacial score (nSPS) is 16.8. The Bertz CT molecular complexity index is 681. The van der Waals surface area contributed by atoms with Crippen LogP contribution in [0.15, 0.2) is 18.2 Å². The Kier molecular flexibility index (Phi) is 5.98. The van der Waals surface area contributed by atoms with Gasteiger partial charge in [0.1, 0.15) is 0 Å². The number of benzene rings is 1. The van der Waals surface area contributed by atoms with Crippen LogP contribution in [0.1, 0.15) is 37.0 Å². The number of halogens is 2. The summed E-state index contributed by atoms with van der Waals surface area (Å²) >= 11 is 11.9. The molecule has 0 spiro atoms. The first-order chi connectivity index (χ1) is 10.7. The molecule has 0 N–H and O–H groups in total. The van der Waals surface area contributed by atoms with Crippen molar-refractivity contribution in [3.63, 3.8) is 0 Å². The number of amides is 1. The Morgan fingerprint density at radius 3 is 2.39 bits per heavy atom. The number of carbonyl (C=O) groups excluding carboxylic acids is 1. The molecular formula is C16H21Cl2NO3S. The molecule has 0 saturated carbocycles. The Balaban J connectivity index is 2.03. The summed E-state index contributed by atoms with van der Waals surface area (Å²) in [5.74, 6) is 0.146. The molecule has 0 atom stereocenters. The fourth-order valence-electron chi connectivity index (χ4n) is 2.85. The third kappa shape index (κ3) is 4.61. The second-order valence-electron chi connectivity index (χ2n) is 6.34. The summed E-state index contributed by atoms with van der Waals surface area (Å²) in [5, 5.41) is 0.441. The predicted molar refractivity (Wildman–Crippen MR) is 94.0 cm³/mol. The van der Waals surface area contributed by atoms with Gasteiger partial charge in [-0.1, -0.05) is 37.0 Å². The third-order valence-electron chi connectivity index (χ3n) is 3.96. The molecule has 0 aliphatic carbocycles. The minimum Gasteiger partial charge on any atom is -0.339 e. The van der Waals surface area contributed by atoms with E-state index in [9.17, 15) is 13.2 Å². The molecule has 1 aliphatic rings. The zero-order valence-electron chi connectivity index (χ0n) is 13.3. The summed E-state index contributed by atoms with van der Waals surface area (Å²) < 4.78 is 24.6. The van der Waals surface area contributed by atoms with E-state index in [-0.39, 0.29) is 22.8 Å². The SMILES string of the molecule is CC(C)CS(=O)(=O)C1CCN(C(=O)c2ccc(Cl)cc2Cl)CC1. The van der Waals surface area contributed by atoms with Crippen molar-refractivity contribution in [3.05, 3.63) is 33.8 Å². The lowest BCUT2D eigenvalue weighted by Gasteiger charge is -2.32. The summed E-state index contributed by atoms with van der Waals surface area (Å²) in [6.07, 6.45) is 0.956. The molecule has 1 aliphatic heterocycles. The number of rotatable bonds is 4. The summed E-state index contributed by atoms with van der Waals surface area (Å²) in [5.41, 5.74) is 0.402. The van der Waals surface area contributed by atoms with E-state index in [1.807, 2.05) is 13.8 Å². The monoisotopic (exact) mass is 377 g/mol. The van der Waals surface area contributed by atoms with Crippen molar-refractivity contribution in [1.82, 2.24) is 4.90 Å². The molecule has 0 bridgehead atoms. The van der Waals surface area contributed by atoms with Crippen molar-refractivity contribution in [2.75, 3.05) is 18.8 Å². The van der Waals surface area contributed by atoms with Gasteiger partial charge in [0.15, 0.2) is 9.84 Å². The number of sulfone groups is 1. The van der Waals surface area contributed by atoms with Gasteiger partial charge >= 0.3 is 0 Å². The Morgan fingerprint density at radius 1 is 1.26 bits per heavy atom. The van der Waals surface area contributed by atoms with E-state index in [1.54, 1.807) is 17.0 Å². The number of carbonyl (C=O) groups is 1. The van der Waals surface area contributed by atoms with E-state index in [2.05, 4.69) is 0 Å². The molecule has 1 saturated heterocycles. The molecule has 1 aromatic carbocycles. The molecule has 1 fully saturated rings. The van der Waals surface area contributed by atoms with Gasteiger partial charge in [0.2, 0.25) is 0 Å². The minimum absolute atomic E-state index is 0.118. The van der Waals surface area contributed by atoms with Gasteiger partial charge < -0.3 is 4.90 Å². The van der Waals surface area contributed by atoms with Gasteiger partial charge in [-0.2, -0.15) is 0 Å². The van der Waals surface area contributed by atoms with E-state index in [0.717, 1.165) is 0 Å². The molecule has 2 rings (SSSR count). The maximum atomic E-state index is 12.5. The topological polar surface area (TPSA) is 54.5 Å². The second kappa shape index (κ2) is 7.41. The van der Waals surface area contributed by atoms with Gasteiger partial charge in [0, 0.05) is 18.1 Å². The molecule has 1 amide bonds. The van der Waals surface area contributed by atoms with Crippen LogP contribution in [0.5, 0.6) is 0 Å². The van der Waals surface area contributed by atoms with Gasteiger partial charge in [-0.25, -0.2) is 8.42 Å². The molecule has 128 valence electrons. The maximum absolute atomic E-state index is 12.5. The van der Waals surface area contributed by atoms with Gasteiger partial charge in [-0.05, 0) is 37.0 Å². The molecular weight excluding hydrogens is 357 g/mol. The van der Waals surface area contributed by atoms with Crippen LogP contribution in [-0.2, 0) is 9.84 Å². The third-order valence-corrected chi connectivity index (χ3v) is 7.13. The maximum Gasteiger partial charge on any atom is 0.255 e. The molecule has 7 heteroatoms. The van der Waals surface area contributed by atoms with Crippen LogP contribution in [0, 0.1) is 5.92 Å². The van der Waals surface area contributed by atoms with Crippen LogP contribution in [0.25, 0.3) is 0 Å². The molecule has 4 nitrogen and oxygen atoms in total. The number of likely N-dealkylation sites (tertiary alicyclic amines) is 1. The molecule has 0 unspecified atom stereocenters. The molecule has 1 heterocycles. The predicted octanol–water partition coefficient (Wildman–Crippen LogP) is 3.67. The average Bonchev–Trinajstić information content (AvgIpc) is 2.45. The van der Waals surface area contributed by atoms with Crippen LogP contribution >= 0.6 is 23.2 Å². The van der Waals surface area contributed by atoms with E-state index in [0.29, 0.717) is 41.5 Å². The van der Waals surface area contributed by atoms with Crippen molar-refractivity contribution in [2.45, 2.75) is 31.9 Å². The minimum atomic E-state index is -3.09. The highest BCUT2D eigenvalue weighted by atomic mass is 35.5. The zero-order valence-corrected chi connectivity index (χ0v) is 15.6. The summed E-state index contributed by atoms with van der Waals surface area (Å²) in [6.45, 7) is 4.66. The van der Waals surface area contributed by atoms with Crippen LogP contribution in [0.3, 0.4) is 0 Å². The lowest BCUT2D eigenvalue weighted by molar-refractivity contribution is 0.0726. The highest BCUT2D eigenvalue weighted by molar-refractivity contribution is 7.92. The Labute approximate surface area is 147 Å². The van der Waals surface area contributed by atoms with Crippen molar-refractivity contribution in [2.24, 2.45) is 5.92 Å². The Hall–Kier alpha value is -0.780. The lowest BCUT2D eigenvalue weighted by Crippen LogP contribution is -2.43. The van der Waals surface area contributed by atoms with Gasteiger partial charge in [-0.15, -0.1) is 0 Å². The largest absolute Gasteiger partial charge is 0.339 e. The van der Waals surface area contributed by atoms with Crippen LogP contribution in [0.4, 0.5) is 0 Å². The van der Waals surface area contributed by atoms with Crippen molar-refractivity contribution < 1.29 is 13.2 Å². The number of hydrogen-bond donors (Lipinski definition) is 0. The highest BCUT2D eigenvalue weighted by Crippen LogP contribution is 2.25. The van der Waals surface area contributed by atoms with Crippen LogP contribution < -0.4 is 0 Å². The molecule has 0 radical (unpaired) electrons. The van der Waals surface area contributed by atoms with E-state index in [1.165, 1.54) is 6.07 Å². The van der Waals surface area contributed by atoms with Gasteiger partial charge in [0.05, 0.1) is 21.6 Å². The first-order valence-electron chi connectivity index (χ1n) is 7.66. The first kappa shape index (κ1) is 18.6.